The van der Waals surface area contributed by atoms with E-state index >= 15 is 0 Å². The van der Waals surface area contributed by atoms with Crippen molar-refractivity contribution in [2.45, 2.75) is 49.6 Å². The Bertz CT molecular complexity index is 1330. The lowest BCUT2D eigenvalue weighted by atomic mass is 9.83. The summed E-state index contributed by atoms with van der Waals surface area (Å²) in [6.07, 6.45) is 5.96. The van der Waals surface area contributed by atoms with Gasteiger partial charge in [-0.15, -0.1) is 0 Å². The second-order valence-electron chi connectivity index (χ2n) is 10.3. The number of amides is 1. The maximum absolute atomic E-state index is 13.3. The van der Waals surface area contributed by atoms with E-state index in [0.717, 1.165) is 47.0 Å². The van der Waals surface area contributed by atoms with Crippen LogP contribution in [0, 0.1) is 5.92 Å². The molecule has 0 radical (unpaired) electrons. The average Bonchev–Trinajstić information content (AvgIpc) is 3.33. The second-order valence-corrected chi connectivity index (χ2v) is 12.5. The Morgan fingerprint density at radius 3 is 2.68 bits per heavy atom. The van der Waals surface area contributed by atoms with E-state index in [9.17, 15) is 13.2 Å². The monoisotopic (exact) mass is 524 g/mol. The number of nitrogens with one attached hydrogen (secondary N) is 2. The van der Waals surface area contributed by atoms with E-state index in [1.54, 1.807) is 12.1 Å². The van der Waals surface area contributed by atoms with Crippen molar-refractivity contribution >= 4 is 32.6 Å². The minimum atomic E-state index is -3.73. The van der Waals surface area contributed by atoms with Gasteiger partial charge in [-0.25, -0.2) is 12.7 Å². The fourth-order valence-electron chi connectivity index (χ4n) is 5.65. The second kappa shape index (κ2) is 10.8. The van der Waals surface area contributed by atoms with E-state index in [2.05, 4.69) is 15.5 Å². The molecule has 2 saturated heterocycles. The fourth-order valence-corrected chi connectivity index (χ4v) is 6.62. The van der Waals surface area contributed by atoms with Crippen LogP contribution in [0.1, 0.15) is 48.2 Å². The summed E-state index contributed by atoms with van der Waals surface area (Å²) >= 11 is 0. The third-order valence-corrected chi connectivity index (χ3v) is 9.44. The first kappa shape index (κ1) is 25.8. The SMILES string of the molecule is CN(C)S(=O)(=O)c1cc(NCc2cc3ccccc3o2)cc(C(=O)NC[C@@H]2CCCN3CCCC[C@H]23)c1. The van der Waals surface area contributed by atoms with E-state index < -0.39 is 10.0 Å². The largest absolute Gasteiger partial charge is 0.459 e. The highest BCUT2D eigenvalue weighted by molar-refractivity contribution is 7.89. The molecular weight excluding hydrogens is 488 g/mol. The molecule has 3 aromatic rings. The van der Waals surface area contributed by atoms with Crippen LogP contribution in [0.25, 0.3) is 11.0 Å². The minimum absolute atomic E-state index is 0.0772. The number of piperidine rings is 2. The van der Waals surface area contributed by atoms with Gasteiger partial charge in [0, 0.05) is 43.3 Å². The molecule has 0 unspecified atom stereocenters. The van der Waals surface area contributed by atoms with E-state index in [4.69, 9.17) is 4.42 Å². The molecule has 198 valence electrons. The average molecular weight is 525 g/mol. The van der Waals surface area contributed by atoms with Crippen LogP contribution in [-0.2, 0) is 16.6 Å². The molecule has 5 rings (SSSR count). The number of nitrogens with zero attached hydrogens (tertiary/aromatic N) is 2. The standard InChI is InChI=1S/C28H36N4O4S/c1-31(2)37(34,35)25-16-22(28(33)30-18-21-9-7-13-32-12-6-5-10-26(21)32)14-23(17-25)29-19-24-15-20-8-3-4-11-27(20)36-24/h3-4,8,11,14-17,21,26,29H,5-7,9-10,12-13,18-19H2,1-2H3,(H,30,33)/t21-,26+/m0/s1. The lowest BCUT2D eigenvalue weighted by Crippen LogP contribution is -2.51. The summed E-state index contributed by atoms with van der Waals surface area (Å²) in [6, 6.07) is 15.0. The Kier molecular flexibility index (Phi) is 7.55. The van der Waals surface area contributed by atoms with Gasteiger partial charge >= 0.3 is 0 Å². The quantitative estimate of drug-likeness (QED) is 0.457. The van der Waals surface area contributed by atoms with Crippen LogP contribution in [0.4, 0.5) is 5.69 Å². The smallest absolute Gasteiger partial charge is 0.251 e. The van der Waals surface area contributed by atoms with E-state index in [-0.39, 0.29) is 10.8 Å². The fraction of sp³-hybridized carbons (Fsp3) is 0.464. The van der Waals surface area contributed by atoms with E-state index in [1.807, 2.05) is 30.3 Å². The van der Waals surface area contributed by atoms with Gasteiger partial charge in [-0.1, -0.05) is 24.6 Å². The van der Waals surface area contributed by atoms with Gasteiger partial charge in [0.15, 0.2) is 0 Å². The molecular formula is C28H36N4O4S. The third-order valence-electron chi connectivity index (χ3n) is 7.64. The number of rotatable bonds is 8. The van der Waals surface area contributed by atoms with Gasteiger partial charge in [0.1, 0.15) is 11.3 Å². The highest BCUT2D eigenvalue weighted by atomic mass is 32.2. The van der Waals surface area contributed by atoms with Crippen molar-refractivity contribution in [3.8, 4) is 0 Å². The van der Waals surface area contributed by atoms with Crippen molar-refractivity contribution in [2.24, 2.45) is 5.92 Å². The normalized spacial score (nSPS) is 20.6. The molecule has 2 aliphatic rings. The Morgan fingerprint density at radius 1 is 1.05 bits per heavy atom. The molecule has 8 nitrogen and oxygen atoms in total. The van der Waals surface area contributed by atoms with Gasteiger partial charge in [0.05, 0.1) is 11.4 Å². The Hall–Kier alpha value is -2.88. The van der Waals surface area contributed by atoms with Gasteiger partial charge in [-0.05, 0) is 75.0 Å². The first-order valence-corrected chi connectivity index (χ1v) is 14.6. The predicted octanol–water partition coefficient (Wildman–Crippen LogP) is 4.29. The summed E-state index contributed by atoms with van der Waals surface area (Å²) in [6.45, 7) is 3.27. The Balaban J connectivity index is 1.34. The highest BCUT2D eigenvalue weighted by Gasteiger charge is 2.33. The van der Waals surface area contributed by atoms with Crippen LogP contribution in [0.5, 0.6) is 0 Å². The lowest BCUT2D eigenvalue weighted by Gasteiger charge is -2.44. The predicted molar refractivity (Wildman–Crippen MR) is 145 cm³/mol. The minimum Gasteiger partial charge on any atom is -0.459 e. The molecule has 0 bridgehead atoms. The summed E-state index contributed by atoms with van der Waals surface area (Å²) in [5.41, 5.74) is 1.67. The van der Waals surface area contributed by atoms with Crippen molar-refractivity contribution in [3.63, 3.8) is 0 Å². The van der Waals surface area contributed by atoms with Crippen molar-refractivity contribution in [3.05, 3.63) is 59.9 Å². The van der Waals surface area contributed by atoms with Gasteiger partial charge < -0.3 is 20.0 Å². The van der Waals surface area contributed by atoms with Crippen LogP contribution in [-0.4, -0.2) is 63.3 Å². The number of carbonyl (C=O) groups excluding carboxylic acids is 1. The molecule has 3 heterocycles. The Morgan fingerprint density at radius 2 is 1.86 bits per heavy atom. The van der Waals surface area contributed by atoms with Crippen LogP contribution in [0.2, 0.25) is 0 Å². The zero-order chi connectivity index (χ0) is 26.0. The first-order valence-electron chi connectivity index (χ1n) is 13.1. The molecule has 2 fully saturated rings. The molecule has 2 aromatic carbocycles. The van der Waals surface area contributed by atoms with E-state index in [0.29, 0.717) is 36.3 Å². The van der Waals surface area contributed by atoms with Crippen LogP contribution in [0.15, 0.2) is 57.8 Å². The van der Waals surface area contributed by atoms with Crippen LogP contribution in [0.3, 0.4) is 0 Å². The van der Waals surface area contributed by atoms with Crippen molar-refractivity contribution in [1.82, 2.24) is 14.5 Å². The topological polar surface area (TPSA) is 94.9 Å². The number of sulfonamides is 1. The van der Waals surface area contributed by atoms with E-state index in [1.165, 1.54) is 39.4 Å². The zero-order valence-electron chi connectivity index (χ0n) is 21.6. The maximum Gasteiger partial charge on any atom is 0.251 e. The van der Waals surface area contributed by atoms with Crippen LogP contribution >= 0.6 is 0 Å². The third kappa shape index (κ3) is 5.68. The molecule has 2 aliphatic heterocycles. The molecule has 2 atom stereocenters. The first-order chi connectivity index (χ1) is 17.8. The number of hydrogen-bond donors (Lipinski definition) is 2. The lowest BCUT2D eigenvalue weighted by molar-refractivity contribution is 0.0575. The molecule has 1 aromatic heterocycles. The van der Waals surface area contributed by atoms with Crippen LogP contribution < -0.4 is 10.6 Å². The molecule has 2 N–H and O–H groups in total. The number of hydrogen-bond acceptors (Lipinski definition) is 6. The molecule has 0 aliphatic carbocycles. The molecule has 37 heavy (non-hydrogen) atoms. The summed E-state index contributed by atoms with van der Waals surface area (Å²) < 4.78 is 33.0. The molecule has 1 amide bonds. The maximum atomic E-state index is 13.3. The summed E-state index contributed by atoms with van der Waals surface area (Å²) in [4.78, 5) is 15.9. The number of benzene rings is 2. The molecule has 9 heteroatoms. The number of anilines is 1. The van der Waals surface area contributed by atoms with Crippen molar-refractivity contribution in [1.29, 1.82) is 0 Å². The van der Waals surface area contributed by atoms with Gasteiger partial charge in [0.2, 0.25) is 10.0 Å². The summed E-state index contributed by atoms with van der Waals surface area (Å²) in [5, 5.41) is 7.36. The van der Waals surface area contributed by atoms with Gasteiger partial charge in [-0.3, -0.25) is 4.79 Å². The van der Waals surface area contributed by atoms with Gasteiger partial charge in [0.25, 0.3) is 5.91 Å². The zero-order valence-corrected chi connectivity index (χ0v) is 22.4. The van der Waals surface area contributed by atoms with Crippen molar-refractivity contribution < 1.29 is 17.6 Å². The number of para-hydroxylation sites is 1. The van der Waals surface area contributed by atoms with Crippen molar-refractivity contribution in [2.75, 3.05) is 39.0 Å². The number of carbonyl (C=O) groups is 1. The van der Waals surface area contributed by atoms with Gasteiger partial charge in [-0.2, -0.15) is 0 Å². The molecule has 0 saturated carbocycles. The summed E-state index contributed by atoms with van der Waals surface area (Å²) in [5.74, 6) is 0.898. The highest BCUT2D eigenvalue weighted by Crippen LogP contribution is 2.30. The number of fused-ring (bicyclic) bond motifs is 2. The summed E-state index contributed by atoms with van der Waals surface area (Å²) in [7, 11) is -0.750. The Labute approximate surface area is 219 Å². The number of furan rings is 1. The molecule has 0 spiro atoms.